The van der Waals surface area contributed by atoms with Crippen molar-refractivity contribution < 1.29 is 0 Å². The molecule has 1 aromatic rings. The molecule has 2 N–H and O–H groups in total. The predicted octanol–water partition coefficient (Wildman–Crippen LogP) is 4.22. The Balaban J connectivity index is 0.00000112. The third-order valence-corrected chi connectivity index (χ3v) is 3.83. The molecule has 1 saturated carbocycles. The first-order valence-electron chi connectivity index (χ1n) is 4.89. The fourth-order valence-corrected chi connectivity index (χ4v) is 2.26. The second kappa shape index (κ2) is 5.40. The summed E-state index contributed by atoms with van der Waals surface area (Å²) in [5.41, 5.74) is 7.12. The van der Waals surface area contributed by atoms with Gasteiger partial charge in [0.15, 0.2) is 0 Å². The van der Waals surface area contributed by atoms with Gasteiger partial charge in [0.05, 0.1) is 10.0 Å². The maximum atomic E-state index is 6.13. The van der Waals surface area contributed by atoms with Crippen LogP contribution < -0.4 is 5.73 Å². The van der Waals surface area contributed by atoms with Crippen molar-refractivity contribution in [3.63, 3.8) is 0 Å². The van der Waals surface area contributed by atoms with E-state index in [0.717, 1.165) is 5.56 Å². The first-order valence-corrected chi connectivity index (χ1v) is 5.65. The Morgan fingerprint density at radius 1 is 1.27 bits per heavy atom. The molecule has 15 heavy (non-hydrogen) atoms. The fourth-order valence-electron chi connectivity index (χ4n) is 1.83. The zero-order valence-electron chi connectivity index (χ0n) is 8.25. The highest BCUT2D eigenvalue weighted by Gasteiger charge is 2.27. The van der Waals surface area contributed by atoms with Crippen molar-refractivity contribution in [3.05, 3.63) is 33.8 Å². The molecule has 1 atom stereocenters. The van der Waals surface area contributed by atoms with Crippen molar-refractivity contribution in [2.24, 2.45) is 11.7 Å². The molecule has 0 aromatic heterocycles. The Morgan fingerprint density at radius 3 is 2.47 bits per heavy atom. The van der Waals surface area contributed by atoms with Crippen molar-refractivity contribution in [3.8, 4) is 0 Å². The molecule has 0 aliphatic heterocycles. The molecule has 1 aromatic carbocycles. The minimum absolute atomic E-state index is 0. The van der Waals surface area contributed by atoms with Gasteiger partial charge in [0.2, 0.25) is 0 Å². The van der Waals surface area contributed by atoms with Gasteiger partial charge in [-0.05, 0) is 30.4 Å². The molecule has 84 valence electrons. The molecule has 0 heterocycles. The number of hydrogen-bond acceptors (Lipinski definition) is 1. The lowest BCUT2D eigenvalue weighted by molar-refractivity contribution is 0.264. The van der Waals surface area contributed by atoms with Gasteiger partial charge >= 0.3 is 0 Å². The van der Waals surface area contributed by atoms with Crippen LogP contribution in [-0.2, 0) is 0 Å². The maximum absolute atomic E-state index is 6.13. The highest BCUT2D eigenvalue weighted by Crippen LogP contribution is 2.39. The van der Waals surface area contributed by atoms with Gasteiger partial charge in [0.1, 0.15) is 0 Å². The third-order valence-electron chi connectivity index (χ3n) is 3.00. The van der Waals surface area contributed by atoms with Gasteiger partial charge in [-0.3, -0.25) is 0 Å². The lowest BCUT2D eigenvalue weighted by atomic mass is 9.77. The third kappa shape index (κ3) is 2.59. The van der Waals surface area contributed by atoms with E-state index in [4.69, 9.17) is 28.9 Å². The normalized spacial score (nSPS) is 17.8. The summed E-state index contributed by atoms with van der Waals surface area (Å²) in [6.45, 7) is 0. The fraction of sp³-hybridized carbons (Fsp3) is 0.455. The van der Waals surface area contributed by atoms with Gasteiger partial charge in [-0.2, -0.15) is 0 Å². The van der Waals surface area contributed by atoms with Crippen molar-refractivity contribution in [2.45, 2.75) is 25.3 Å². The zero-order valence-corrected chi connectivity index (χ0v) is 10.6. The molecule has 1 nitrogen and oxygen atoms in total. The molecular weight excluding hydrogens is 252 g/mol. The van der Waals surface area contributed by atoms with E-state index in [1.54, 1.807) is 6.07 Å². The van der Waals surface area contributed by atoms with Crippen LogP contribution in [0.2, 0.25) is 10.0 Å². The number of benzene rings is 1. The molecule has 0 saturated heterocycles. The summed E-state index contributed by atoms with van der Waals surface area (Å²) >= 11 is 12.0. The van der Waals surface area contributed by atoms with Crippen LogP contribution in [0, 0.1) is 5.92 Å². The molecule has 0 unspecified atom stereocenters. The van der Waals surface area contributed by atoms with Gasteiger partial charge < -0.3 is 5.73 Å². The molecule has 0 bridgehead atoms. The van der Waals surface area contributed by atoms with Crippen molar-refractivity contribution in [1.82, 2.24) is 0 Å². The topological polar surface area (TPSA) is 26.0 Å². The lowest BCUT2D eigenvalue weighted by Crippen LogP contribution is -2.27. The number of nitrogens with two attached hydrogens (primary N) is 1. The van der Waals surface area contributed by atoms with Gasteiger partial charge in [-0.1, -0.05) is 41.8 Å². The van der Waals surface area contributed by atoms with Gasteiger partial charge in [0, 0.05) is 6.04 Å². The van der Waals surface area contributed by atoms with Gasteiger partial charge in [0.25, 0.3) is 0 Å². The van der Waals surface area contributed by atoms with E-state index in [1.165, 1.54) is 19.3 Å². The Kier molecular flexibility index (Phi) is 4.72. The van der Waals surface area contributed by atoms with Crippen LogP contribution in [0.15, 0.2) is 18.2 Å². The van der Waals surface area contributed by atoms with E-state index in [-0.39, 0.29) is 18.4 Å². The maximum Gasteiger partial charge on any atom is 0.0640 e. The smallest absolute Gasteiger partial charge is 0.0640 e. The van der Waals surface area contributed by atoms with Crippen LogP contribution in [0.3, 0.4) is 0 Å². The molecule has 2 rings (SSSR count). The molecular formula is C11H14Cl3N. The van der Waals surface area contributed by atoms with E-state index in [9.17, 15) is 0 Å². The highest BCUT2D eigenvalue weighted by molar-refractivity contribution is 6.42. The lowest BCUT2D eigenvalue weighted by Gasteiger charge is -2.32. The van der Waals surface area contributed by atoms with Crippen LogP contribution in [0.1, 0.15) is 30.9 Å². The number of rotatable bonds is 2. The summed E-state index contributed by atoms with van der Waals surface area (Å²) in [6, 6.07) is 5.72. The summed E-state index contributed by atoms with van der Waals surface area (Å²) < 4.78 is 0. The Hall–Kier alpha value is 0.0500. The van der Waals surface area contributed by atoms with E-state index < -0.39 is 0 Å². The van der Waals surface area contributed by atoms with Crippen LogP contribution >= 0.6 is 35.6 Å². The van der Waals surface area contributed by atoms with Crippen molar-refractivity contribution in [2.75, 3.05) is 0 Å². The molecule has 0 radical (unpaired) electrons. The van der Waals surface area contributed by atoms with Crippen LogP contribution in [-0.4, -0.2) is 0 Å². The average molecular weight is 267 g/mol. The predicted molar refractivity (Wildman–Crippen MR) is 68.0 cm³/mol. The minimum Gasteiger partial charge on any atom is -0.324 e. The Labute approximate surface area is 106 Å². The highest BCUT2D eigenvalue weighted by atomic mass is 35.5. The van der Waals surface area contributed by atoms with Crippen LogP contribution in [0.25, 0.3) is 0 Å². The first kappa shape index (κ1) is 13.1. The van der Waals surface area contributed by atoms with Crippen LogP contribution in [0.4, 0.5) is 0 Å². The van der Waals surface area contributed by atoms with E-state index in [2.05, 4.69) is 0 Å². The monoisotopic (exact) mass is 265 g/mol. The van der Waals surface area contributed by atoms with E-state index in [0.29, 0.717) is 16.0 Å². The second-order valence-electron chi connectivity index (χ2n) is 3.86. The van der Waals surface area contributed by atoms with Crippen LogP contribution in [0.5, 0.6) is 0 Å². The minimum atomic E-state index is 0. The molecule has 0 spiro atoms. The average Bonchev–Trinajstić information content (AvgIpc) is 2.06. The largest absolute Gasteiger partial charge is 0.324 e. The number of halogens is 3. The summed E-state index contributed by atoms with van der Waals surface area (Å²) in [5, 5.41) is 1.22. The SMILES string of the molecule is Cl.N[C@H](c1cccc(Cl)c1Cl)C1CCC1. The summed E-state index contributed by atoms with van der Waals surface area (Å²) in [5.74, 6) is 0.589. The van der Waals surface area contributed by atoms with Gasteiger partial charge in [-0.25, -0.2) is 0 Å². The summed E-state index contributed by atoms with van der Waals surface area (Å²) in [6.07, 6.45) is 3.71. The summed E-state index contributed by atoms with van der Waals surface area (Å²) in [7, 11) is 0. The summed E-state index contributed by atoms with van der Waals surface area (Å²) in [4.78, 5) is 0. The molecule has 1 aliphatic carbocycles. The van der Waals surface area contributed by atoms with Crippen molar-refractivity contribution in [1.29, 1.82) is 0 Å². The number of hydrogen-bond donors (Lipinski definition) is 1. The molecule has 1 fully saturated rings. The van der Waals surface area contributed by atoms with E-state index >= 15 is 0 Å². The Bertz CT molecular complexity index is 337. The molecule has 1 aliphatic rings. The standard InChI is InChI=1S/C11H13Cl2N.ClH/c12-9-6-2-5-8(10(9)13)11(14)7-3-1-4-7;/h2,5-7,11H,1,3-4,14H2;1H/t11-;/m0./s1. The Morgan fingerprint density at radius 2 is 1.93 bits per heavy atom. The molecule has 0 amide bonds. The van der Waals surface area contributed by atoms with E-state index in [1.807, 2.05) is 12.1 Å². The second-order valence-corrected chi connectivity index (χ2v) is 4.64. The molecule has 4 heteroatoms. The van der Waals surface area contributed by atoms with Crippen molar-refractivity contribution >= 4 is 35.6 Å². The zero-order chi connectivity index (χ0) is 10.1. The first-order chi connectivity index (χ1) is 6.70. The van der Waals surface area contributed by atoms with Gasteiger partial charge in [-0.15, -0.1) is 12.4 Å². The quantitative estimate of drug-likeness (QED) is 0.852.